The Hall–Kier alpha value is -1.70. The van der Waals surface area contributed by atoms with Gasteiger partial charge in [0.15, 0.2) is 0 Å². The standard InChI is InChI=1S/C13H14N2.2C2H6/c1-2-6-11-7-5-10-15-13(11)12-8-3-4-9-14-12;2*1-2/h3-5,7-10H,2,6H2,1H3;2*1-2H3. The molecular weight excluding hydrogens is 232 g/mol. The van der Waals surface area contributed by atoms with Gasteiger partial charge in [0.1, 0.15) is 0 Å². The van der Waals surface area contributed by atoms with E-state index in [9.17, 15) is 0 Å². The summed E-state index contributed by atoms with van der Waals surface area (Å²) in [4.78, 5) is 8.73. The highest BCUT2D eigenvalue weighted by Crippen LogP contribution is 2.19. The van der Waals surface area contributed by atoms with E-state index in [4.69, 9.17) is 0 Å². The second kappa shape index (κ2) is 11.4. The highest BCUT2D eigenvalue weighted by atomic mass is 14.8. The summed E-state index contributed by atoms with van der Waals surface area (Å²) in [6, 6.07) is 10.0. The van der Waals surface area contributed by atoms with Crippen LogP contribution < -0.4 is 0 Å². The third kappa shape index (κ3) is 5.64. The minimum Gasteiger partial charge on any atom is -0.255 e. The molecule has 104 valence electrons. The van der Waals surface area contributed by atoms with Crippen LogP contribution in [0.4, 0.5) is 0 Å². The SMILES string of the molecule is CC.CC.CCCc1cccnc1-c1ccccn1. The monoisotopic (exact) mass is 258 g/mol. The molecule has 0 aliphatic heterocycles. The summed E-state index contributed by atoms with van der Waals surface area (Å²) in [5, 5.41) is 0. The normalized spacial score (nSPS) is 8.68. The molecule has 2 heteroatoms. The van der Waals surface area contributed by atoms with Gasteiger partial charge in [-0.3, -0.25) is 9.97 Å². The van der Waals surface area contributed by atoms with Crippen LogP contribution in [0.25, 0.3) is 11.4 Å². The van der Waals surface area contributed by atoms with Gasteiger partial charge in [-0.2, -0.15) is 0 Å². The van der Waals surface area contributed by atoms with Crippen LogP contribution in [0.15, 0.2) is 42.7 Å². The number of hydrogen-bond donors (Lipinski definition) is 0. The zero-order valence-electron chi connectivity index (χ0n) is 12.9. The van der Waals surface area contributed by atoms with E-state index in [1.807, 2.05) is 58.2 Å². The van der Waals surface area contributed by atoms with E-state index in [0.29, 0.717) is 0 Å². The van der Waals surface area contributed by atoms with Gasteiger partial charge in [0.25, 0.3) is 0 Å². The van der Waals surface area contributed by atoms with Crippen molar-refractivity contribution in [1.29, 1.82) is 0 Å². The molecule has 0 aliphatic rings. The van der Waals surface area contributed by atoms with E-state index in [-0.39, 0.29) is 0 Å². The summed E-state index contributed by atoms with van der Waals surface area (Å²) < 4.78 is 0. The first kappa shape index (κ1) is 17.3. The molecule has 2 heterocycles. The summed E-state index contributed by atoms with van der Waals surface area (Å²) >= 11 is 0. The highest BCUT2D eigenvalue weighted by Gasteiger charge is 2.05. The fourth-order valence-electron chi connectivity index (χ4n) is 1.64. The molecule has 0 unspecified atom stereocenters. The lowest BCUT2D eigenvalue weighted by Gasteiger charge is -2.05. The number of nitrogens with zero attached hydrogens (tertiary/aromatic N) is 2. The molecule has 0 aliphatic carbocycles. The first-order valence-electron chi connectivity index (χ1n) is 7.27. The average Bonchev–Trinajstić information content (AvgIpc) is 2.53. The van der Waals surface area contributed by atoms with Gasteiger partial charge in [-0.05, 0) is 30.2 Å². The molecule has 2 aromatic heterocycles. The third-order valence-corrected chi connectivity index (χ3v) is 2.32. The van der Waals surface area contributed by atoms with Crippen molar-refractivity contribution in [2.45, 2.75) is 47.5 Å². The van der Waals surface area contributed by atoms with Crippen LogP contribution in [0.5, 0.6) is 0 Å². The Kier molecular flexibility index (Phi) is 10.4. The third-order valence-electron chi connectivity index (χ3n) is 2.32. The smallest absolute Gasteiger partial charge is 0.0918 e. The van der Waals surface area contributed by atoms with Crippen molar-refractivity contribution in [1.82, 2.24) is 9.97 Å². The lowest BCUT2D eigenvalue weighted by Crippen LogP contribution is -1.93. The molecule has 0 aromatic carbocycles. The van der Waals surface area contributed by atoms with E-state index in [1.54, 1.807) is 6.20 Å². The number of aryl methyl sites for hydroxylation is 1. The van der Waals surface area contributed by atoms with Crippen LogP contribution in [0, 0.1) is 0 Å². The predicted octanol–water partition coefficient (Wildman–Crippen LogP) is 5.15. The van der Waals surface area contributed by atoms with Crippen LogP contribution in [0.1, 0.15) is 46.6 Å². The van der Waals surface area contributed by atoms with Crippen LogP contribution in [-0.4, -0.2) is 9.97 Å². The molecule has 0 spiro atoms. The Balaban J connectivity index is 0.000000741. The maximum Gasteiger partial charge on any atom is 0.0918 e. The van der Waals surface area contributed by atoms with E-state index in [1.165, 1.54) is 5.56 Å². The summed E-state index contributed by atoms with van der Waals surface area (Å²) in [6.45, 7) is 10.2. The summed E-state index contributed by atoms with van der Waals surface area (Å²) in [7, 11) is 0. The van der Waals surface area contributed by atoms with Gasteiger partial charge in [-0.1, -0.05) is 53.2 Å². The average molecular weight is 258 g/mol. The first-order chi connectivity index (χ1) is 9.42. The largest absolute Gasteiger partial charge is 0.255 e. The predicted molar refractivity (Wildman–Crippen MR) is 84.2 cm³/mol. The molecule has 0 atom stereocenters. The lowest BCUT2D eigenvalue weighted by atomic mass is 10.1. The van der Waals surface area contributed by atoms with Gasteiger partial charge in [0, 0.05) is 12.4 Å². The molecule has 0 saturated carbocycles. The maximum atomic E-state index is 4.41. The Labute approximate surface area is 117 Å². The van der Waals surface area contributed by atoms with Gasteiger partial charge in [0.2, 0.25) is 0 Å². The maximum absolute atomic E-state index is 4.41. The second-order valence-electron chi connectivity index (χ2n) is 3.48. The van der Waals surface area contributed by atoms with Gasteiger partial charge in [0.05, 0.1) is 11.4 Å². The molecule has 0 amide bonds. The number of rotatable bonds is 3. The molecule has 0 fully saturated rings. The Morgan fingerprint density at radius 2 is 1.53 bits per heavy atom. The Bertz CT molecular complexity index is 424. The molecule has 2 nitrogen and oxygen atoms in total. The van der Waals surface area contributed by atoms with Crippen LogP contribution in [0.3, 0.4) is 0 Å². The molecule has 0 saturated heterocycles. The number of hydrogen-bond acceptors (Lipinski definition) is 2. The fraction of sp³-hybridized carbons (Fsp3) is 0.412. The first-order valence-corrected chi connectivity index (χ1v) is 7.27. The van der Waals surface area contributed by atoms with E-state index in [2.05, 4.69) is 23.0 Å². The summed E-state index contributed by atoms with van der Waals surface area (Å²) in [6.07, 6.45) is 5.81. The lowest BCUT2D eigenvalue weighted by molar-refractivity contribution is 0.915. The van der Waals surface area contributed by atoms with Crippen molar-refractivity contribution in [2.24, 2.45) is 0 Å². The fourth-order valence-corrected chi connectivity index (χ4v) is 1.64. The zero-order valence-corrected chi connectivity index (χ0v) is 12.9. The van der Waals surface area contributed by atoms with E-state index < -0.39 is 0 Å². The topological polar surface area (TPSA) is 25.8 Å². The van der Waals surface area contributed by atoms with E-state index in [0.717, 1.165) is 24.2 Å². The summed E-state index contributed by atoms with van der Waals surface area (Å²) in [5.74, 6) is 0. The number of pyridine rings is 2. The molecule has 0 radical (unpaired) electrons. The van der Waals surface area contributed by atoms with Gasteiger partial charge >= 0.3 is 0 Å². The van der Waals surface area contributed by atoms with Crippen LogP contribution >= 0.6 is 0 Å². The van der Waals surface area contributed by atoms with E-state index >= 15 is 0 Å². The molecule has 2 aromatic rings. The number of aromatic nitrogens is 2. The second-order valence-corrected chi connectivity index (χ2v) is 3.48. The van der Waals surface area contributed by atoms with Crippen molar-refractivity contribution in [2.75, 3.05) is 0 Å². The van der Waals surface area contributed by atoms with Crippen molar-refractivity contribution in [3.8, 4) is 11.4 Å². The Morgan fingerprint density at radius 1 is 0.842 bits per heavy atom. The Morgan fingerprint density at radius 3 is 2.11 bits per heavy atom. The molecular formula is C17H26N2. The molecule has 0 N–H and O–H groups in total. The van der Waals surface area contributed by atoms with Crippen LogP contribution in [-0.2, 0) is 6.42 Å². The zero-order chi connectivity index (χ0) is 14.5. The highest BCUT2D eigenvalue weighted by molar-refractivity contribution is 5.58. The summed E-state index contributed by atoms with van der Waals surface area (Å²) in [5.41, 5.74) is 3.25. The van der Waals surface area contributed by atoms with Crippen molar-refractivity contribution < 1.29 is 0 Å². The molecule has 2 rings (SSSR count). The van der Waals surface area contributed by atoms with Crippen molar-refractivity contribution in [3.05, 3.63) is 48.3 Å². The van der Waals surface area contributed by atoms with Crippen molar-refractivity contribution in [3.63, 3.8) is 0 Å². The quantitative estimate of drug-likeness (QED) is 0.761. The minimum atomic E-state index is 0.960. The van der Waals surface area contributed by atoms with Crippen molar-refractivity contribution >= 4 is 0 Å². The minimum absolute atomic E-state index is 0.960. The van der Waals surface area contributed by atoms with Gasteiger partial charge < -0.3 is 0 Å². The van der Waals surface area contributed by atoms with Gasteiger partial charge in [-0.15, -0.1) is 0 Å². The molecule has 19 heavy (non-hydrogen) atoms. The van der Waals surface area contributed by atoms with Gasteiger partial charge in [-0.25, -0.2) is 0 Å². The molecule has 0 bridgehead atoms. The van der Waals surface area contributed by atoms with Crippen LogP contribution in [0.2, 0.25) is 0 Å².